The van der Waals surface area contributed by atoms with Gasteiger partial charge in [0, 0.05) is 38.2 Å². The van der Waals surface area contributed by atoms with E-state index in [1.165, 1.54) is 16.4 Å². The standard InChI is InChI=1S/C24H26N4O4S/c29-24(19-9-11-21(12-10-19)33(30,31)28-13-5-2-6-14-28)27-16-20(17-27)23-25-22(26-32-23)15-18-7-3-1-4-8-18/h1,3-4,7-12,20H,2,5-6,13-17H2. The van der Waals surface area contributed by atoms with Crippen LogP contribution in [0.1, 0.15) is 52.8 Å². The Morgan fingerprint density at radius 3 is 2.36 bits per heavy atom. The molecule has 5 rings (SSSR count). The Morgan fingerprint density at radius 1 is 0.970 bits per heavy atom. The number of aromatic nitrogens is 2. The van der Waals surface area contributed by atoms with Gasteiger partial charge in [-0.2, -0.15) is 9.29 Å². The molecular weight excluding hydrogens is 440 g/mol. The molecule has 33 heavy (non-hydrogen) atoms. The summed E-state index contributed by atoms with van der Waals surface area (Å²) >= 11 is 0. The van der Waals surface area contributed by atoms with Crippen LogP contribution in [0, 0.1) is 0 Å². The molecule has 0 atom stereocenters. The molecule has 2 fully saturated rings. The Balaban J connectivity index is 1.18. The van der Waals surface area contributed by atoms with E-state index in [4.69, 9.17) is 4.52 Å². The van der Waals surface area contributed by atoms with Gasteiger partial charge in [-0.1, -0.05) is 41.9 Å². The van der Waals surface area contributed by atoms with Gasteiger partial charge in [-0.05, 0) is 42.7 Å². The number of sulfonamides is 1. The predicted octanol–water partition coefficient (Wildman–Crippen LogP) is 3.07. The molecule has 2 aliphatic rings. The van der Waals surface area contributed by atoms with E-state index in [2.05, 4.69) is 10.1 Å². The first kappa shape index (κ1) is 21.8. The first-order chi connectivity index (χ1) is 16.0. The zero-order valence-electron chi connectivity index (χ0n) is 18.3. The summed E-state index contributed by atoms with van der Waals surface area (Å²) in [7, 11) is -3.50. The van der Waals surface area contributed by atoms with Crippen LogP contribution in [0.15, 0.2) is 64.0 Å². The van der Waals surface area contributed by atoms with Gasteiger partial charge in [-0.3, -0.25) is 4.79 Å². The maximum absolute atomic E-state index is 12.8. The zero-order valence-corrected chi connectivity index (χ0v) is 19.1. The number of nitrogens with zero attached hydrogens (tertiary/aromatic N) is 4. The number of amides is 1. The molecule has 2 aromatic carbocycles. The SMILES string of the molecule is O=C(c1ccc(S(=O)(=O)N2CCCCC2)cc1)N1CC(c2nc(Cc3ccccc3)no2)C1. The molecule has 0 aliphatic carbocycles. The molecule has 0 spiro atoms. The topological polar surface area (TPSA) is 96.6 Å². The quantitative estimate of drug-likeness (QED) is 0.554. The van der Waals surface area contributed by atoms with Crippen molar-refractivity contribution in [3.05, 3.63) is 77.4 Å². The minimum atomic E-state index is -3.50. The molecule has 0 bridgehead atoms. The minimum absolute atomic E-state index is 0.0183. The van der Waals surface area contributed by atoms with E-state index in [0.29, 0.717) is 49.9 Å². The van der Waals surface area contributed by atoms with Crippen molar-refractivity contribution in [2.45, 2.75) is 36.5 Å². The molecule has 8 nitrogen and oxygen atoms in total. The molecule has 0 N–H and O–H groups in total. The Morgan fingerprint density at radius 2 is 1.67 bits per heavy atom. The normalized spacial score (nSPS) is 17.6. The third-order valence-corrected chi connectivity index (χ3v) is 8.17. The van der Waals surface area contributed by atoms with Crippen LogP contribution in [0.4, 0.5) is 0 Å². The number of piperidine rings is 1. The molecule has 0 radical (unpaired) electrons. The third-order valence-electron chi connectivity index (χ3n) is 6.26. The molecular formula is C24H26N4O4S. The van der Waals surface area contributed by atoms with E-state index in [9.17, 15) is 13.2 Å². The molecule has 1 amide bonds. The Labute approximate surface area is 193 Å². The van der Waals surface area contributed by atoms with Crippen LogP contribution in [0.3, 0.4) is 0 Å². The van der Waals surface area contributed by atoms with E-state index in [1.54, 1.807) is 17.0 Å². The van der Waals surface area contributed by atoms with Crippen molar-refractivity contribution >= 4 is 15.9 Å². The van der Waals surface area contributed by atoms with E-state index >= 15 is 0 Å². The second-order valence-electron chi connectivity index (χ2n) is 8.61. The third kappa shape index (κ3) is 4.56. The molecule has 3 aromatic rings. The maximum Gasteiger partial charge on any atom is 0.253 e. The first-order valence-corrected chi connectivity index (χ1v) is 12.7. The molecule has 2 aliphatic heterocycles. The number of rotatable bonds is 6. The van der Waals surface area contributed by atoms with Crippen LogP contribution in [0.5, 0.6) is 0 Å². The van der Waals surface area contributed by atoms with Crippen LogP contribution in [-0.4, -0.2) is 59.8 Å². The van der Waals surface area contributed by atoms with E-state index < -0.39 is 10.0 Å². The van der Waals surface area contributed by atoms with Crippen LogP contribution < -0.4 is 0 Å². The lowest BCUT2D eigenvalue weighted by molar-refractivity contribution is 0.0569. The number of carbonyl (C=O) groups excluding carboxylic acids is 1. The fourth-order valence-electron chi connectivity index (χ4n) is 4.29. The van der Waals surface area contributed by atoms with Crippen molar-refractivity contribution in [1.82, 2.24) is 19.3 Å². The largest absolute Gasteiger partial charge is 0.339 e. The van der Waals surface area contributed by atoms with Gasteiger partial charge in [-0.25, -0.2) is 8.42 Å². The van der Waals surface area contributed by atoms with Gasteiger partial charge in [-0.15, -0.1) is 0 Å². The summed E-state index contributed by atoms with van der Waals surface area (Å²) < 4.78 is 32.5. The first-order valence-electron chi connectivity index (χ1n) is 11.3. The number of benzene rings is 2. The molecule has 0 unspecified atom stereocenters. The zero-order chi connectivity index (χ0) is 22.8. The summed E-state index contributed by atoms with van der Waals surface area (Å²) in [5, 5.41) is 4.06. The highest BCUT2D eigenvalue weighted by Crippen LogP contribution is 2.28. The fourth-order valence-corrected chi connectivity index (χ4v) is 5.81. The van der Waals surface area contributed by atoms with Gasteiger partial charge in [0.2, 0.25) is 15.9 Å². The summed E-state index contributed by atoms with van der Waals surface area (Å²) in [6.45, 7) is 2.11. The van der Waals surface area contributed by atoms with E-state index in [1.807, 2.05) is 30.3 Å². The molecule has 0 saturated carbocycles. The molecule has 3 heterocycles. The van der Waals surface area contributed by atoms with Crippen molar-refractivity contribution in [3.8, 4) is 0 Å². The maximum atomic E-state index is 12.8. The fraction of sp³-hybridized carbons (Fsp3) is 0.375. The van der Waals surface area contributed by atoms with Gasteiger partial charge < -0.3 is 9.42 Å². The van der Waals surface area contributed by atoms with E-state index in [-0.39, 0.29) is 16.7 Å². The van der Waals surface area contributed by atoms with Crippen LogP contribution in [0.25, 0.3) is 0 Å². The average molecular weight is 467 g/mol. The summed E-state index contributed by atoms with van der Waals surface area (Å²) in [5.41, 5.74) is 1.59. The van der Waals surface area contributed by atoms with Gasteiger partial charge in [0.1, 0.15) is 0 Å². The van der Waals surface area contributed by atoms with Crippen molar-refractivity contribution in [2.24, 2.45) is 0 Å². The van der Waals surface area contributed by atoms with Crippen molar-refractivity contribution in [1.29, 1.82) is 0 Å². The van der Waals surface area contributed by atoms with Gasteiger partial charge in [0.15, 0.2) is 5.82 Å². The van der Waals surface area contributed by atoms with Gasteiger partial charge in [0.25, 0.3) is 5.91 Å². The lowest BCUT2D eigenvalue weighted by atomic mass is 9.98. The molecule has 172 valence electrons. The highest BCUT2D eigenvalue weighted by molar-refractivity contribution is 7.89. The predicted molar refractivity (Wildman–Crippen MR) is 121 cm³/mol. The smallest absolute Gasteiger partial charge is 0.253 e. The number of hydrogen-bond acceptors (Lipinski definition) is 6. The van der Waals surface area contributed by atoms with Gasteiger partial charge >= 0.3 is 0 Å². The second-order valence-corrected chi connectivity index (χ2v) is 10.5. The molecule has 1 aromatic heterocycles. The van der Waals surface area contributed by atoms with Crippen LogP contribution in [-0.2, 0) is 16.4 Å². The lowest BCUT2D eigenvalue weighted by Crippen LogP contribution is -2.48. The summed E-state index contributed by atoms with van der Waals surface area (Å²) in [6, 6.07) is 16.2. The highest BCUT2D eigenvalue weighted by Gasteiger charge is 2.36. The Kier molecular flexibility index (Phi) is 5.99. The second kappa shape index (κ2) is 9.07. The minimum Gasteiger partial charge on any atom is -0.339 e. The average Bonchev–Trinajstić information content (AvgIpc) is 3.27. The van der Waals surface area contributed by atoms with Crippen molar-refractivity contribution in [2.75, 3.05) is 26.2 Å². The monoisotopic (exact) mass is 466 g/mol. The summed E-state index contributed by atoms with van der Waals surface area (Å²) in [6.07, 6.45) is 3.44. The number of likely N-dealkylation sites (tertiary alicyclic amines) is 1. The van der Waals surface area contributed by atoms with Crippen molar-refractivity contribution < 1.29 is 17.7 Å². The van der Waals surface area contributed by atoms with Gasteiger partial charge in [0.05, 0.1) is 10.8 Å². The molecule has 9 heteroatoms. The Hall–Kier alpha value is -3.04. The molecule has 2 saturated heterocycles. The highest BCUT2D eigenvalue weighted by atomic mass is 32.2. The lowest BCUT2D eigenvalue weighted by Gasteiger charge is -2.37. The van der Waals surface area contributed by atoms with Crippen LogP contribution >= 0.6 is 0 Å². The summed E-state index contributed by atoms with van der Waals surface area (Å²) in [4.78, 5) is 19.2. The van der Waals surface area contributed by atoms with Crippen molar-refractivity contribution in [3.63, 3.8) is 0 Å². The van der Waals surface area contributed by atoms with E-state index in [0.717, 1.165) is 24.8 Å². The Bertz CT molecular complexity index is 1210. The van der Waals surface area contributed by atoms with Crippen LogP contribution in [0.2, 0.25) is 0 Å². The summed E-state index contributed by atoms with van der Waals surface area (Å²) in [5.74, 6) is 1.07. The number of hydrogen-bond donors (Lipinski definition) is 0. The number of carbonyl (C=O) groups is 1.